The van der Waals surface area contributed by atoms with Gasteiger partial charge in [0.15, 0.2) is 0 Å². The van der Waals surface area contributed by atoms with Gasteiger partial charge in [0.25, 0.3) is 0 Å². The van der Waals surface area contributed by atoms with Crippen molar-refractivity contribution in [1.82, 2.24) is 15.0 Å². The Bertz CT molecular complexity index is 468. The molecule has 0 unspecified atom stereocenters. The molecule has 2 aromatic heterocycles. The van der Waals surface area contributed by atoms with Gasteiger partial charge in [0, 0.05) is 6.20 Å². The molecular weight excluding hydrogens is 176 g/mol. The van der Waals surface area contributed by atoms with Crippen molar-refractivity contribution < 1.29 is 0 Å². The number of rotatable bonds is 0. The molecule has 0 spiro atoms. The maximum atomic E-state index is 8.64. The maximum Gasteiger partial charge on any atom is 0.223 e. The number of hydrogen-bond acceptors (Lipinski definition) is 3. The Morgan fingerprint density at radius 3 is 3.17 bits per heavy atom. The van der Waals surface area contributed by atoms with Crippen LogP contribution in [0.15, 0.2) is 12.4 Å². The Kier molecular flexibility index (Phi) is 1.45. The lowest BCUT2D eigenvalue weighted by molar-refractivity contribution is 1.22. The fourth-order valence-electron chi connectivity index (χ4n) is 0.975. The van der Waals surface area contributed by atoms with Crippen LogP contribution in [0.2, 0.25) is 5.28 Å². The fraction of sp³-hybridized carbons (Fsp3) is 0. The number of aromatic amines is 1. The van der Waals surface area contributed by atoms with Crippen LogP contribution in [0.3, 0.4) is 0 Å². The maximum absolute atomic E-state index is 8.64. The normalized spacial score (nSPS) is 10.0. The average molecular weight is 179 g/mol. The van der Waals surface area contributed by atoms with Crippen LogP contribution in [0.25, 0.3) is 11.0 Å². The van der Waals surface area contributed by atoms with E-state index in [1.807, 2.05) is 6.07 Å². The summed E-state index contributed by atoms with van der Waals surface area (Å²) in [5.41, 5.74) is 1.77. The van der Waals surface area contributed by atoms with Gasteiger partial charge < -0.3 is 4.98 Å². The smallest absolute Gasteiger partial charge is 0.223 e. The van der Waals surface area contributed by atoms with E-state index in [9.17, 15) is 0 Å². The molecule has 58 valence electrons. The largest absolute Gasteiger partial charge is 0.357 e. The van der Waals surface area contributed by atoms with Gasteiger partial charge in [0.2, 0.25) is 5.28 Å². The first-order valence-corrected chi connectivity index (χ1v) is 3.59. The van der Waals surface area contributed by atoms with E-state index in [-0.39, 0.29) is 5.28 Å². The Morgan fingerprint density at radius 2 is 2.42 bits per heavy atom. The van der Waals surface area contributed by atoms with Crippen molar-refractivity contribution in [3.63, 3.8) is 0 Å². The van der Waals surface area contributed by atoms with Crippen molar-refractivity contribution in [3.05, 3.63) is 23.2 Å². The van der Waals surface area contributed by atoms with E-state index in [1.165, 1.54) is 0 Å². The first kappa shape index (κ1) is 7.07. The second kappa shape index (κ2) is 2.47. The summed E-state index contributed by atoms with van der Waals surface area (Å²) in [6, 6.07) is 2.00. The summed E-state index contributed by atoms with van der Waals surface area (Å²) in [5.74, 6) is 0. The Balaban J connectivity index is 2.86. The highest BCUT2D eigenvalue weighted by atomic mass is 35.5. The number of nitriles is 1. The van der Waals surface area contributed by atoms with Gasteiger partial charge in [-0.15, -0.1) is 0 Å². The van der Waals surface area contributed by atoms with Crippen LogP contribution < -0.4 is 0 Å². The monoisotopic (exact) mass is 178 g/mol. The van der Waals surface area contributed by atoms with E-state index < -0.39 is 0 Å². The molecule has 0 aliphatic heterocycles. The average Bonchev–Trinajstić information content (AvgIpc) is 2.46. The predicted octanol–water partition coefficient (Wildman–Crippen LogP) is 1.48. The van der Waals surface area contributed by atoms with E-state index >= 15 is 0 Å². The highest BCUT2D eigenvalue weighted by molar-refractivity contribution is 6.28. The van der Waals surface area contributed by atoms with Crippen molar-refractivity contribution in [2.24, 2.45) is 0 Å². The van der Waals surface area contributed by atoms with Crippen molar-refractivity contribution in [2.75, 3.05) is 0 Å². The molecule has 0 bridgehead atoms. The molecule has 2 rings (SSSR count). The molecule has 0 fully saturated rings. The van der Waals surface area contributed by atoms with Gasteiger partial charge in [0.1, 0.15) is 11.6 Å². The van der Waals surface area contributed by atoms with Crippen LogP contribution in [0.1, 0.15) is 5.56 Å². The predicted molar refractivity (Wildman–Crippen MR) is 43.6 cm³/mol. The zero-order valence-corrected chi connectivity index (χ0v) is 6.63. The number of hydrogen-bond donors (Lipinski definition) is 1. The van der Waals surface area contributed by atoms with E-state index in [0.717, 1.165) is 5.52 Å². The van der Waals surface area contributed by atoms with Crippen LogP contribution in [0, 0.1) is 11.3 Å². The minimum absolute atomic E-state index is 0.151. The molecule has 5 heteroatoms. The molecule has 0 aromatic carbocycles. The topological polar surface area (TPSA) is 65.4 Å². The summed E-state index contributed by atoms with van der Waals surface area (Å²) in [5, 5.41) is 8.79. The van der Waals surface area contributed by atoms with Gasteiger partial charge in [-0.25, -0.2) is 9.97 Å². The highest BCUT2D eigenvalue weighted by Crippen LogP contribution is 2.15. The van der Waals surface area contributed by atoms with Gasteiger partial charge in [-0.2, -0.15) is 5.26 Å². The quantitative estimate of drug-likeness (QED) is 0.622. The molecule has 0 atom stereocenters. The third-order valence-corrected chi connectivity index (χ3v) is 1.69. The van der Waals surface area contributed by atoms with Gasteiger partial charge in [-0.3, -0.25) is 0 Å². The minimum atomic E-state index is 0.151. The summed E-state index contributed by atoms with van der Waals surface area (Å²) < 4.78 is 0. The van der Waals surface area contributed by atoms with Crippen LogP contribution >= 0.6 is 11.6 Å². The summed E-state index contributed by atoms with van der Waals surface area (Å²) in [6.45, 7) is 0. The summed E-state index contributed by atoms with van der Waals surface area (Å²) >= 11 is 5.56. The number of H-pyrrole nitrogens is 1. The second-order valence-electron chi connectivity index (χ2n) is 2.22. The van der Waals surface area contributed by atoms with Crippen molar-refractivity contribution >= 4 is 22.6 Å². The lowest BCUT2D eigenvalue weighted by Gasteiger charge is -1.88. The molecule has 0 aliphatic rings. The fourth-order valence-corrected chi connectivity index (χ4v) is 1.11. The van der Waals surface area contributed by atoms with Crippen LogP contribution in [-0.2, 0) is 0 Å². The summed E-state index contributed by atoms with van der Waals surface area (Å²) in [4.78, 5) is 10.5. The minimum Gasteiger partial charge on any atom is -0.357 e. The first-order valence-electron chi connectivity index (χ1n) is 3.21. The Labute approximate surface area is 72.8 Å². The van der Waals surface area contributed by atoms with Gasteiger partial charge >= 0.3 is 0 Å². The molecule has 0 saturated carbocycles. The highest BCUT2D eigenvalue weighted by Gasteiger charge is 2.04. The van der Waals surface area contributed by atoms with Crippen molar-refractivity contribution in [1.29, 1.82) is 5.26 Å². The third-order valence-electron chi connectivity index (χ3n) is 1.51. The SMILES string of the molecule is N#Cc1c[nH]c2cnc(Cl)nc12. The lowest BCUT2D eigenvalue weighted by atomic mass is 10.3. The van der Waals surface area contributed by atoms with Gasteiger partial charge in [-0.05, 0) is 11.6 Å². The molecule has 0 saturated heterocycles. The lowest BCUT2D eigenvalue weighted by Crippen LogP contribution is -1.82. The summed E-state index contributed by atoms with van der Waals surface area (Å²) in [6.07, 6.45) is 3.13. The molecule has 1 N–H and O–H groups in total. The number of aromatic nitrogens is 3. The number of nitrogens with zero attached hydrogens (tertiary/aromatic N) is 3. The van der Waals surface area contributed by atoms with Crippen LogP contribution in [0.5, 0.6) is 0 Å². The standard InChI is InChI=1S/C7H3ClN4/c8-7-11-3-5-6(12-7)4(1-9)2-10-5/h2-3,10H. The van der Waals surface area contributed by atoms with E-state index in [1.54, 1.807) is 12.4 Å². The van der Waals surface area contributed by atoms with Crippen LogP contribution in [0.4, 0.5) is 0 Å². The number of halogens is 1. The Hall–Kier alpha value is -1.60. The van der Waals surface area contributed by atoms with Crippen molar-refractivity contribution in [3.8, 4) is 6.07 Å². The molecular formula is C7H3ClN4. The molecule has 12 heavy (non-hydrogen) atoms. The van der Waals surface area contributed by atoms with E-state index in [4.69, 9.17) is 16.9 Å². The molecule has 4 nitrogen and oxygen atoms in total. The molecule has 0 amide bonds. The molecule has 0 aliphatic carbocycles. The molecule has 0 radical (unpaired) electrons. The first-order chi connectivity index (χ1) is 5.81. The van der Waals surface area contributed by atoms with Gasteiger partial charge in [-0.1, -0.05) is 0 Å². The summed E-state index contributed by atoms with van der Waals surface area (Å²) in [7, 11) is 0. The molecule has 2 heterocycles. The second-order valence-corrected chi connectivity index (χ2v) is 2.55. The zero-order chi connectivity index (χ0) is 8.55. The van der Waals surface area contributed by atoms with Gasteiger partial charge in [0.05, 0.1) is 17.3 Å². The van der Waals surface area contributed by atoms with E-state index in [0.29, 0.717) is 11.1 Å². The molecule has 2 aromatic rings. The van der Waals surface area contributed by atoms with Crippen LogP contribution in [-0.4, -0.2) is 15.0 Å². The van der Waals surface area contributed by atoms with E-state index in [2.05, 4.69) is 15.0 Å². The Morgan fingerprint density at radius 1 is 1.58 bits per heavy atom. The van der Waals surface area contributed by atoms with Crippen molar-refractivity contribution in [2.45, 2.75) is 0 Å². The number of fused-ring (bicyclic) bond motifs is 1. The number of nitrogens with one attached hydrogen (secondary N) is 1. The zero-order valence-electron chi connectivity index (χ0n) is 5.87. The third kappa shape index (κ3) is 0.917.